The van der Waals surface area contributed by atoms with Gasteiger partial charge in [-0.2, -0.15) is 8.42 Å². The van der Waals surface area contributed by atoms with Gasteiger partial charge in [-0.25, -0.2) is 4.98 Å². The number of pyridine rings is 1. The number of anilines is 1. The van der Waals surface area contributed by atoms with E-state index in [1.165, 1.54) is 25.3 Å². The Morgan fingerprint density at radius 1 is 0.971 bits per heavy atom. The van der Waals surface area contributed by atoms with Gasteiger partial charge in [0.2, 0.25) is 0 Å². The monoisotopic (exact) mass is 551 g/mol. The molecule has 0 unspecified atom stereocenters. The molecule has 1 fully saturated rings. The Bertz CT molecular complexity index is 1440. The molecule has 35 heavy (non-hydrogen) atoms. The van der Waals surface area contributed by atoms with Crippen molar-refractivity contribution in [3.05, 3.63) is 88.4 Å². The number of hydrogen-bond donors (Lipinski definition) is 1. The van der Waals surface area contributed by atoms with Gasteiger partial charge in [0.25, 0.3) is 0 Å². The van der Waals surface area contributed by atoms with E-state index in [-0.39, 0.29) is 5.75 Å². The topological polar surface area (TPSA) is 72.7 Å². The third-order valence-corrected chi connectivity index (χ3v) is 7.46. The van der Waals surface area contributed by atoms with Gasteiger partial charge >= 0.3 is 10.1 Å². The van der Waals surface area contributed by atoms with Crippen LogP contribution in [0.3, 0.4) is 0 Å². The van der Waals surface area contributed by atoms with Crippen LogP contribution >= 0.6 is 15.9 Å². The molecule has 1 aliphatic carbocycles. The molecule has 0 amide bonds. The Balaban J connectivity index is 1.40. The van der Waals surface area contributed by atoms with E-state index in [1.807, 2.05) is 60.8 Å². The highest BCUT2D eigenvalue weighted by atomic mass is 79.9. The number of benzene rings is 2. The maximum atomic E-state index is 12.4. The fraction of sp³-hybridized carbons (Fsp3) is 0.222. The van der Waals surface area contributed by atoms with Crippen molar-refractivity contribution in [1.29, 1.82) is 0 Å². The van der Waals surface area contributed by atoms with Crippen LogP contribution in [0.15, 0.2) is 82.8 Å². The molecule has 0 bridgehead atoms. The van der Waals surface area contributed by atoms with E-state index in [4.69, 9.17) is 9.17 Å². The van der Waals surface area contributed by atoms with Crippen LogP contribution in [0.2, 0.25) is 0 Å². The molecule has 2 heterocycles. The molecule has 5 rings (SSSR count). The van der Waals surface area contributed by atoms with E-state index < -0.39 is 10.1 Å². The number of fused-ring (bicyclic) bond motifs is 1. The van der Waals surface area contributed by atoms with E-state index in [0.717, 1.165) is 51.0 Å². The number of imidazole rings is 1. The lowest BCUT2D eigenvalue weighted by atomic mass is 9.95. The molecule has 0 aliphatic heterocycles. The Hall–Kier alpha value is -3.10. The second kappa shape index (κ2) is 10.3. The van der Waals surface area contributed by atoms with Crippen LogP contribution in [0.5, 0.6) is 5.75 Å². The van der Waals surface area contributed by atoms with Gasteiger partial charge in [-0.1, -0.05) is 49.6 Å². The van der Waals surface area contributed by atoms with E-state index in [9.17, 15) is 8.42 Å². The second-order valence-corrected chi connectivity index (χ2v) is 11.0. The van der Waals surface area contributed by atoms with Crippen molar-refractivity contribution in [2.24, 2.45) is 0 Å². The molecule has 6 nitrogen and oxygen atoms in total. The number of aromatic nitrogens is 2. The van der Waals surface area contributed by atoms with Gasteiger partial charge < -0.3 is 9.50 Å². The molecule has 180 valence electrons. The molecule has 2 aromatic carbocycles. The van der Waals surface area contributed by atoms with Crippen molar-refractivity contribution in [2.45, 2.75) is 38.1 Å². The first kappa shape index (κ1) is 23.6. The predicted molar refractivity (Wildman–Crippen MR) is 144 cm³/mol. The summed E-state index contributed by atoms with van der Waals surface area (Å²) in [6, 6.07) is 20.6. The first-order valence-electron chi connectivity index (χ1n) is 11.7. The molecular weight excluding hydrogens is 526 g/mol. The molecule has 0 atom stereocenters. The van der Waals surface area contributed by atoms with E-state index in [2.05, 4.69) is 25.6 Å². The molecule has 0 spiro atoms. The number of hydrogen-bond acceptors (Lipinski definition) is 5. The maximum Gasteiger partial charge on any atom is 0.332 e. The normalized spacial score (nSPS) is 15.0. The van der Waals surface area contributed by atoms with Gasteiger partial charge in [0.05, 0.1) is 5.41 Å². The lowest BCUT2D eigenvalue weighted by Gasteiger charge is -2.24. The standard InChI is InChI=1S/C27H26BrN3O3S/c28-22-13-16-25-30-26(27(31(25)19-22)29-23-9-5-2-6-10-23)21-11-14-24(15-12-21)34-35(32,33)18-17-20-7-3-1-4-8-20/h1,3-4,7-8,11-19,23,29H,2,5-6,9-10H2. The van der Waals surface area contributed by atoms with Crippen LogP contribution in [0.4, 0.5) is 5.82 Å². The fourth-order valence-corrected chi connectivity index (χ4v) is 5.45. The van der Waals surface area contributed by atoms with Crippen LogP contribution in [-0.2, 0) is 10.1 Å². The lowest BCUT2D eigenvalue weighted by molar-refractivity contribution is 0.461. The quantitative estimate of drug-likeness (QED) is 0.253. The Kier molecular flexibility index (Phi) is 6.92. The molecule has 1 saturated carbocycles. The molecule has 2 aromatic heterocycles. The van der Waals surface area contributed by atoms with E-state index in [0.29, 0.717) is 6.04 Å². The molecule has 0 saturated heterocycles. The van der Waals surface area contributed by atoms with E-state index in [1.54, 1.807) is 12.1 Å². The average Bonchev–Trinajstić information content (AvgIpc) is 3.22. The van der Waals surface area contributed by atoms with E-state index >= 15 is 0 Å². The van der Waals surface area contributed by atoms with Crippen LogP contribution in [0.1, 0.15) is 37.7 Å². The highest BCUT2D eigenvalue weighted by Gasteiger charge is 2.20. The van der Waals surface area contributed by atoms with Gasteiger partial charge in [0.1, 0.15) is 22.9 Å². The minimum atomic E-state index is -3.88. The molecule has 4 aromatic rings. The van der Waals surface area contributed by atoms with Crippen molar-refractivity contribution in [3.8, 4) is 17.0 Å². The Morgan fingerprint density at radius 3 is 2.46 bits per heavy atom. The largest absolute Gasteiger partial charge is 0.379 e. The average molecular weight is 552 g/mol. The predicted octanol–water partition coefficient (Wildman–Crippen LogP) is 6.89. The summed E-state index contributed by atoms with van der Waals surface area (Å²) in [4.78, 5) is 4.87. The summed E-state index contributed by atoms with van der Waals surface area (Å²) in [5, 5.41) is 4.80. The lowest BCUT2D eigenvalue weighted by Crippen LogP contribution is -2.23. The first-order chi connectivity index (χ1) is 17.0. The van der Waals surface area contributed by atoms with Gasteiger partial charge in [-0.3, -0.25) is 4.40 Å². The number of nitrogens with zero attached hydrogens (tertiary/aromatic N) is 2. The summed E-state index contributed by atoms with van der Waals surface area (Å²) in [7, 11) is -3.88. The van der Waals surface area contributed by atoms with Crippen molar-refractivity contribution in [3.63, 3.8) is 0 Å². The zero-order valence-corrected chi connectivity index (χ0v) is 21.5. The highest BCUT2D eigenvalue weighted by molar-refractivity contribution is 9.10. The minimum Gasteiger partial charge on any atom is -0.379 e. The van der Waals surface area contributed by atoms with Crippen molar-refractivity contribution in [1.82, 2.24) is 9.38 Å². The zero-order chi connectivity index (χ0) is 24.3. The summed E-state index contributed by atoms with van der Waals surface area (Å²) >= 11 is 3.57. The van der Waals surface area contributed by atoms with Gasteiger partial charge in [0, 0.05) is 22.3 Å². The SMILES string of the molecule is O=S(=O)(C=Cc1ccccc1)Oc1ccc(-c2nc3ccc(Br)cn3c2NC2CCCCC2)cc1. The molecule has 8 heteroatoms. The zero-order valence-electron chi connectivity index (χ0n) is 19.1. The van der Waals surface area contributed by atoms with Crippen molar-refractivity contribution < 1.29 is 12.6 Å². The Morgan fingerprint density at radius 2 is 1.71 bits per heavy atom. The summed E-state index contributed by atoms with van der Waals surface area (Å²) in [5.41, 5.74) is 3.33. The van der Waals surface area contributed by atoms with Crippen molar-refractivity contribution >= 4 is 43.6 Å². The van der Waals surface area contributed by atoms with Crippen LogP contribution in [0.25, 0.3) is 23.0 Å². The third-order valence-electron chi connectivity index (χ3n) is 6.10. The smallest absolute Gasteiger partial charge is 0.332 e. The summed E-state index contributed by atoms with van der Waals surface area (Å²) < 4.78 is 33.1. The number of halogens is 1. The first-order valence-corrected chi connectivity index (χ1v) is 14.0. The molecule has 1 aliphatic rings. The third kappa shape index (κ3) is 5.77. The van der Waals surface area contributed by atoms with Crippen LogP contribution < -0.4 is 9.50 Å². The minimum absolute atomic E-state index is 0.250. The van der Waals surface area contributed by atoms with Gasteiger partial charge in [-0.05, 0) is 76.8 Å². The van der Waals surface area contributed by atoms with Gasteiger partial charge in [0.15, 0.2) is 0 Å². The van der Waals surface area contributed by atoms with Crippen LogP contribution in [-0.4, -0.2) is 23.8 Å². The molecule has 1 N–H and O–H groups in total. The van der Waals surface area contributed by atoms with Crippen molar-refractivity contribution in [2.75, 3.05) is 5.32 Å². The molecular formula is C27H26BrN3O3S. The molecule has 0 radical (unpaired) electrons. The Labute approximate surface area is 213 Å². The van der Waals surface area contributed by atoms with Gasteiger partial charge in [-0.15, -0.1) is 0 Å². The highest BCUT2D eigenvalue weighted by Crippen LogP contribution is 2.33. The van der Waals surface area contributed by atoms with Crippen LogP contribution in [0, 0.1) is 0 Å². The fourth-order valence-electron chi connectivity index (χ4n) is 4.35. The maximum absolute atomic E-state index is 12.4. The second-order valence-electron chi connectivity index (χ2n) is 8.68. The summed E-state index contributed by atoms with van der Waals surface area (Å²) in [6.45, 7) is 0. The summed E-state index contributed by atoms with van der Waals surface area (Å²) in [6.07, 6.45) is 9.55. The summed E-state index contributed by atoms with van der Waals surface area (Å²) in [5.74, 6) is 1.19. The number of nitrogens with one attached hydrogen (secondary N) is 1. The number of rotatable bonds is 7.